The second-order valence-corrected chi connectivity index (χ2v) is 6.86. The number of nitrogens with one attached hydrogen (secondary N) is 1. The number of pyridine rings is 1. The van der Waals surface area contributed by atoms with Crippen LogP contribution in [0, 0.1) is 0 Å². The van der Waals surface area contributed by atoms with E-state index in [2.05, 4.69) is 10.3 Å². The second-order valence-electron chi connectivity index (χ2n) is 4.77. The number of carbonyl (C=O) groups is 1. The van der Waals surface area contributed by atoms with Gasteiger partial charge in [-0.05, 0) is 25.0 Å². The van der Waals surface area contributed by atoms with Crippen molar-refractivity contribution in [2.24, 2.45) is 0 Å². The summed E-state index contributed by atoms with van der Waals surface area (Å²) in [5, 5.41) is 2.61. The molecule has 1 fully saturated rings. The third-order valence-electron chi connectivity index (χ3n) is 3.28. The zero-order valence-corrected chi connectivity index (χ0v) is 12.1. The summed E-state index contributed by atoms with van der Waals surface area (Å²) in [6.07, 6.45) is 5.96. The van der Waals surface area contributed by atoms with Gasteiger partial charge in [0.2, 0.25) is 10.0 Å². The molecule has 1 aromatic rings. The summed E-state index contributed by atoms with van der Waals surface area (Å²) < 4.78 is 25.7. The number of sulfonamides is 1. The molecule has 0 saturated carbocycles. The number of aromatic nitrogens is 1. The van der Waals surface area contributed by atoms with Crippen molar-refractivity contribution in [3.05, 3.63) is 30.1 Å². The normalized spacial score (nSPS) is 16.8. The quantitative estimate of drug-likeness (QED) is 0.864. The van der Waals surface area contributed by atoms with Gasteiger partial charge in [0.05, 0.1) is 11.3 Å². The first kappa shape index (κ1) is 14.9. The summed E-state index contributed by atoms with van der Waals surface area (Å²) in [5.74, 6) is -0.356. The van der Waals surface area contributed by atoms with Gasteiger partial charge in [-0.1, -0.05) is 6.42 Å². The van der Waals surface area contributed by atoms with Gasteiger partial charge in [0.25, 0.3) is 5.91 Å². The number of rotatable bonds is 5. The lowest BCUT2D eigenvalue weighted by Gasteiger charge is -2.25. The predicted octanol–water partition coefficient (Wildman–Crippen LogP) is 0.627. The lowest BCUT2D eigenvalue weighted by molar-refractivity contribution is 0.0955. The van der Waals surface area contributed by atoms with Gasteiger partial charge in [-0.25, -0.2) is 12.7 Å². The second kappa shape index (κ2) is 6.81. The van der Waals surface area contributed by atoms with Crippen molar-refractivity contribution in [3.63, 3.8) is 0 Å². The van der Waals surface area contributed by atoms with Crippen LogP contribution >= 0.6 is 0 Å². The summed E-state index contributed by atoms with van der Waals surface area (Å²) >= 11 is 0. The fraction of sp³-hybridized carbons (Fsp3) is 0.538. The highest BCUT2D eigenvalue weighted by Gasteiger charge is 2.23. The average molecular weight is 297 g/mol. The molecule has 1 aliphatic rings. The van der Waals surface area contributed by atoms with Gasteiger partial charge in [0, 0.05) is 32.0 Å². The largest absolute Gasteiger partial charge is 0.351 e. The molecular formula is C13H19N3O3S. The third-order valence-corrected chi connectivity index (χ3v) is 5.15. The summed E-state index contributed by atoms with van der Waals surface area (Å²) in [6.45, 7) is 1.31. The van der Waals surface area contributed by atoms with Crippen LogP contribution < -0.4 is 5.32 Å². The monoisotopic (exact) mass is 297 g/mol. The van der Waals surface area contributed by atoms with Crippen LogP contribution in [0.1, 0.15) is 29.6 Å². The van der Waals surface area contributed by atoms with Gasteiger partial charge in [0.1, 0.15) is 0 Å². The van der Waals surface area contributed by atoms with Gasteiger partial charge >= 0.3 is 0 Å². The predicted molar refractivity (Wildman–Crippen MR) is 75.8 cm³/mol. The Balaban J connectivity index is 1.81. The van der Waals surface area contributed by atoms with Crippen LogP contribution in [0.2, 0.25) is 0 Å². The van der Waals surface area contributed by atoms with Gasteiger partial charge in [-0.15, -0.1) is 0 Å². The van der Waals surface area contributed by atoms with E-state index in [4.69, 9.17) is 0 Å². The maximum atomic E-state index is 12.1. The van der Waals surface area contributed by atoms with E-state index < -0.39 is 10.0 Å². The molecular weight excluding hydrogens is 278 g/mol. The van der Waals surface area contributed by atoms with E-state index in [1.807, 2.05) is 0 Å². The molecule has 1 amide bonds. The molecule has 1 saturated heterocycles. The van der Waals surface area contributed by atoms with Gasteiger partial charge in [-0.2, -0.15) is 0 Å². The number of hydrogen-bond acceptors (Lipinski definition) is 4. The number of amides is 1. The van der Waals surface area contributed by atoms with E-state index in [1.165, 1.54) is 10.5 Å². The standard InChI is InChI=1S/C13H19N3O3S/c17-13(12-5-4-6-14-11-12)15-7-10-20(18,19)16-8-2-1-3-9-16/h4-6,11H,1-3,7-10H2,(H,15,17). The molecule has 0 aliphatic carbocycles. The smallest absolute Gasteiger partial charge is 0.252 e. The molecule has 0 bridgehead atoms. The third kappa shape index (κ3) is 4.01. The maximum absolute atomic E-state index is 12.1. The Labute approximate surface area is 119 Å². The first-order valence-electron chi connectivity index (χ1n) is 6.76. The highest BCUT2D eigenvalue weighted by atomic mass is 32.2. The molecule has 2 rings (SSSR count). The Kier molecular flexibility index (Phi) is 5.08. The Morgan fingerprint density at radius 1 is 1.30 bits per heavy atom. The molecule has 0 radical (unpaired) electrons. The number of piperidine rings is 1. The van der Waals surface area contributed by atoms with E-state index >= 15 is 0 Å². The Morgan fingerprint density at radius 3 is 2.70 bits per heavy atom. The highest BCUT2D eigenvalue weighted by Crippen LogP contribution is 2.13. The van der Waals surface area contributed by atoms with Crippen molar-refractivity contribution in [1.82, 2.24) is 14.6 Å². The molecule has 0 unspecified atom stereocenters. The van der Waals surface area contributed by atoms with E-state index in [-0.39, 0.29) is 18.2 Å². The first-order valence-corrected chi connectivity index (χ1v) is 8.36. The molecule has 110 valence electrons. The number of nitrogens with zero attached hydrogens (tertiary/aromatic N) is 2. The van der Waals surface area contributed by atoms with Crippen LogP contribution in [0.4, 0.5) is 0 Å². The van der Waals surface area contributed by atoms with Crippen LogP contribution in [-0.4, -0.2) is 49.0 Å². The van der Waals surface area contributed by atoms with E-state index in [0.29, 0.717) is 18.7 Å². The fourth-order valence-corrected chi connectivity index (χ4v) is 3.60. The summed E-state index contributed by atoms with van der Waals surface area (Å²) in [5.41, 5.74) is 0.433. The summed E-state index contributed by atoms with van der Waals surface area (Å²) in [6, 6.07) is 3.31. The van der Waals surface area contributed by atoms with E-state index in [0.717, 1.165) is 19.3 Å². The van der Waals surface area contributed by atoms with Crippen molar-refractivity contribution in [2.45, 2.75) is 19.3 Å². The van der Waals surface area contributed by atoms with Gasteiger partial charge in [0.15, 0.2) is 0 Å². The SMILES string of the molecule is O=C(NCCS(=O)(=O)N1CCCCC1)c1cccnc1. The Hall–Kier alpha value is -1.47. The molecule has 0 spiro atoms. The van der Waals surface area contributed by atoms with Gasteiger partial charge < -0.3 is 5.32 Å². The zero-order valence-electron chi connectivity index (χ0n) is 11.3. The van der Waals surface area contributed by atoms with Crippen molar-refractivity contribution in [2.75, 3.05) is 25.4 Å². The lowest BCUT2D eigenvalue weighted by Crippen LogP contribution is -2.40. The molecule has 0 aromatic carbocycles. The minimum Gasteiger partial charge on any atom is -0.351 e. The average Bonchev–Trinajstić information content (AvgIpc) is 2.49. The van der Waals surface area contributed by atoms with Crippen LogP contribution in [0.5, 0.6) is 0 Å². The van der Waals surface area contributed by atoms with E-state index in [9.17, 15) is 13.2 Å². The topological polar surface area (TPSA) is 79.4 Å². The van der Waals surface area contributed by atoms with Crippen LogP contribution in [0.25, 0.3) is 0 Å². The van der Waals surface area contributed by atoms with Crippen LogP contribution in [0.15, 0.2) is 24.5 Å². The van der Waals surface area contributed by atoms with Crippen molar-refractivity contribution >= 4 is 15.9 Å². The Bertz CT molecular complexity index is 539. The first-order chi connectivity index (χ1) is 9.59. The van der Waals surface area contributed by atoms with Crippen LogP contribution in [-0.2, 0) is 10.0 Å². The van der Waals surface area contributed by atoms with Gasteiger partial charge in [-0.3, -0.25) is 9.78 Å². The minimum atomic E-state index is -3.26. The van der Waals surface area contributed by atoms with E-state index in [1.54, 1.807) is 18.3 Å². The molecule has 0 atom stereocenters. The summed E-state index contributed by atoms with van der Waals surface area (Å²) in [7, 11) is -3.26. The summed E-state index contributed by atoms with van der Waals surface area (Å²) in [4.78, 5) is 15.6. The zero-order chi connectivity index (χ0) is 14.4. The van der Waals surface area contributed by atoms with Crippen molar-refractivity contribution in [3.8, 4) is 0 Å². The molecule has 1 aromatic heterocycles. The number of carbonyl (C=O) groups excluding carboxylic acids is 1. The number of hydrogen-bond donors (Lipinski definition) is 1. The molecule has 1 aliphatic heterocycles. The fourth-order valence-electron chi connectivity index (χ4n) is 2.16. The molecule has 6 nitrogen and oxygen atoms in total. The van der Waals surface area contributed by atoms with Crippen molar-refractivity contribution < 1.29 is 13.2 Å². The van der Waals surface area contributed by atoms with Crippen LogP contribution in [0.3, 0.4) is 0 Å². The molecule has 7 heteroatoms. The lowest BCUT2D eigenvalue weighted by atomic mass is 10.2. The van der Waals surface area contributed by atoms with Crippen molar-refractivity contribution in [1.29, 1.82) is 0 Å². The molecule has 1 N–H and O–H groups in total. The molecule has 20 heavy (non-hydrogen) atoms. The highest BCUT2D eigenvalue weighted by molar-refractivity contribution is 7.89. The maximum Gasteiger partial charge on any atom is 0.252 e. The minimum absolute atomic E-state index is 0.0565. The molecule has 2 heterocycles. The Morgan fingerprint density at radius 2 is 2.05 bits per heavy atom.